The molecule has 1 aliphatic heterocycles. The normalized spacial score (nSPS) is 16.6. The van der Waals surface area contributed by atoms with Gasteiger partial charge in [0.25, 0.3) is 5.56 Å². The van der Waals surface area contributed by atoms with Crippen LogP contribution in [0.2, 0.25) is 0 Å². The summed E-state index contributed by atoms with van der Waals surface area (Å²) in [5.74, 6) is 0.367. The summed E-state index contributed by atoms with van der Waals surface area (Å²) >= 11 is 1.55. The van der Waals surface area contributed by atoms with E-state index in [2.05, 4.69) is 21.7 Å². The average Bonchev–Trinajstić information content (AvgIpc) is 3.30. The highest BCUT2D eigenvalue weighted by molar-refractivity contribution is 7.21. The highest BCUT2D eigenvalue weighted by Crippen LogP contribution is 2.31. The Kier molecular flexibility index (Phi) is 6.17. The first-order valence-electron chi connectivity index (χ1n) is 11.3. The summed E-state index contributed by atoms with van der Waals surface area (Å²) in [4.78, 5) is 38.7. The lowest BCUT2D eigenvalue weighted by molar-refractivity contribution is 0.0600. The highest BCUT2D eigenvalue weighted by Gasteiger charge is 2.25. The lowest BCUT2D eigenvalue weighted by Gasteiger charge is -2.40. The van der Waals surface area contributed by atoms with Gasteiger partial charge in [0.05, 0.1) is 24.6 Å². The largest absolute Gasteiger partial charge is 0.465 e. The van der Waals surface area contributed by atoms with E-state index >= 15 is 0 Å². The number of aromatic nitrogens is 2. The minimum Gasteiger partial charge on any atom is -0.465 e. The molecule has 1 atom stereocenters. The molecule has 0 spiro atoms. The molecular formula is C26H26N4O3S. The number of H-pyrrole nitrogens is 1. The Bertz CT molecular complexity index is 1360. The third kappa shape index (κ3) is 4.47. The van der Waals surface area contributed by atoms with Crippen LogP contribution in [0.5, 0.6) is 0 Å². The van der Waals surface area contributed by atoms with Gasteiger partial charge < -0.3 is 14.6 Å². The second-order valence-corrected chi connectivity index (χ2v) is 9.54. The molecule has 8 heteroatoms. The minimum atomic E-state index is -0.329. The van der Waals surface area contributed by atoms with E-state index in [1.165, 1.54) is 7.11 Å². The van der Waals surface area contributed by atoms with Crippen LogP contribution in [0.15, 0.2) is 65.5 Å². The summed E-state index contributed by atoms with van der Waals surface area (Å²) in [6.45, 7) is 5.33. The number of benzene rings is 2. The molecule has 4 aromatic rings. The zero-order chi connectivity index (χ0) is 23.7. The molecule has 174 valence electrons. The Morgan fingerprint density at radius 3 is 2.62 bits per heavy atom. The maximum absolute atomic E-state index is 12.8. The number of nitrogens with zero attached hydrogens (tertiary/aromatic N) is 3. The van der Waals surface area contributed by atoms with Crippen molar-refractivity contribution >= 4 is 33.2 Å². The van der Waals surface area contributed by atoms with Crippen LogP contribution in [0, 0.1) is 0 Å². The smallest absolute Gasteiger partial charge is 0.337 e. The molecule has 1 fully saturated rings. The van der Waals surface area contributed by atoms with Crippen LogP contribution in [-0.4, -0.2) is 53.6 Å². The molecule has 2 aromatic carbocycles. The molecule has 0 radical (unpaired) electrons. The quantitative estimate of drug-likeness (QED) is 0.438. The summed E-state index contributed by atoms with van der Waals surface area (Å²) in [5.41, 5.74) is 2.64. The van der Waals surface area contributed by atoms with Gasteiger partial charge in [-0.3, -0.25) is 9.69 Å². The van der Waals surface area contributed by atoms with Gasteiger partial charge in [0.2, 0.25) is 0 Å². The van der Waals surface area contributed by atoms with E-state index in [-0.39, 0.29) is 17.6 Å². The van der Waals surface area contributed by atoms with Gasteiger partial charge in [0.15, 0.2) is 0 Å². The number of carbonyl (C=O) groups excluding carboxylic acids is 1. The van der Waals surface area contributed by atoms with E-state index in [1.54, 1.807) is 23.5 Å². The second kappa shape index (κ2) is 9.40. The number of hydrogen-bond acceptors (Lipinski definition) is 7. The van der Waals surface area contributed by atoms with E-state index in [0.29, 0.717) is 23.3 Å². The average molecular weight is 475 g/mol. The van der Waals surface area contributed by atoms with Gasteiger partial charge in [0.1, 0.15) is 10.7 Å². The molecule has 1 aliphatic rings. The number of esters is 1. The fraction of sp³-hybridized carbons (Fsp3) is 0.269. The molecule has 1 N–H and O–H groups in total. The fourth-order valence-corrected chi connectivity index (χ4v) is 5.44. The number of methoxy groups -OCH3 is 1. The number of fused-ring (bicyclic) bond motifs is 1. The van der Waals surface area contributed by atoms with Gasteiger partial charge >= 0.3 is 5.97 Å². The molecule has 3 heterocycles. The van der Waals surface area contributed by atoms with Crippen molar-refractivity contribution in [1.82, 2.24) is 14.9 Å². The van der Waals surface area contributed by atoms with E-state index < -0.39 is 0 Å². The van der Waals surface area contributed by atoms with Crippen LogP contribution in [0.25, 0.3) is 20.7 Å². The van der Waals surface area contributed by atoms with Crippen LogP contribution in [0.1, 0.15) is 23.1 Å². The van der Waals surface area contributed by atoms with Gasteiger partial charge in [-0.15, -0.1) is 11.3 Å². The summed E-state index contributed by atoms with van der Waals surface area (Å²) in [6.07, 6.45) is 0. The summed E-state index contributed by atoms with van der Waals surface area (Å²) in [5, 5.41) is 0.640. The second-order valence-electron chi connectivity index (χ2n) is 8.51. The predicted molar refractivity (Wildman–Crippen MR) is 136 cm³/mol. The number of carbonyl (C=O) groups is 1. The Morgan fingerprint density at radius 1 is 1.15 bits per heavy atom. The molecule has 0 saturated carbocycles. The molecule has 5 rings (SSSR count). The summed E-state index contributed by atoms with van der Waals surface area (Å²) < 4.78 is 4.78. The van der Waals surface area contributed by atoms with E-state index in [0.717, 1.165) is 40.6 Å². The van der Waals surface area contributed by atoms with Crippen molar-refractivity contribution in [1.29, 1.82) is 0 Å². The lowest BCUT2D eigenvalue weighted by Crippen LogP contribution is -2.51. The van der Waals surface area contributed by atoms with Crippen molar-refractivity contribution in [3.8, 4) is 10.4 Å². The van der Waals surface area contributed by atoms with Crippen LogP contribution in [-0.2, 0) is 11.3 Å². The molecule has 34 heavy (non-hydrogen) atoms. The van der Waals surface area contributed by atoms with Crippen molar-refractivity contribution in [2.75, 3.05) is 31.6 Å². The van der Waals surface area contributed by atoms with Gasteiger partial charge in [-0.25, -0.2) is 9.78 Å². The van der Waals surface area contributed by atoms with Crippen LogP contribution in [0.3, 0.4) is 0 Å². The zero-order valence-corrected chi connectivity index (χ0v) is 20.0. The van der Waals surface area contributed by atoms with Crippen molar-refractivity contribution in [3.63, 3.8) is 0 Å². The van der Waals surface area contributed by atoms with Crippen molar-refractivity contribution in [2.24, 2.45) is 0 Å². The number of nitrogens with one attached hydrogen (secondary N) is 1. The highest BCUT2D eigenvalue weighted by atomic mass is 32.1. The number of hydrogen-bond donors (Lipinski definition) is 1. The van der Waals surface area contributed by atoms with Crippen LogP contribution < -0.4 is 10.5 Å². The van der Waals surface area contributed by atoms with Crippen molar-refractivity contribution in [2.45, 2.75) is 19.5 Å². The molecule has 1 unspecified atom stereocenters. The number of rotatable bonds is 5. The number of piperazine rings is 1. The zero-order valence-electron chi connectivity index (χ0n) is 19.2. The number of aromatic amines is 1. The number of ether oxygens (including phenoxy) is 1. The molecule has 0 aliphatic carbocycles. The first-order valence-corrected chi connectivity index (χ1v) is 12.1. The Hall–Kier alpha value is -3.49. The van der Waals surface area contributed by atoms with Crippen molar-refractivity contribution < 1.29 is 9.53 Å². The molecule has 1 saturated heterocycles. The SMILES string of the molecule is COC(=O)c1ccc(N2CCN(Cc3nc4sc(-c5ccccc5)cc4c(=O)[nH]3)C(C)C2)cc1. The maximum Gasteiger partial charge on any atom is 0.337 e. The molecule has 0 bridgehead atoms. The topological polar surface area (TPSA) is 78.5 Å². The monoisotopic (exact) mass is 474 g/mol. The van der Waals surface area contributed by atoms with Gasteiger partial charge in [0, 0.05) is 36.2 Å². The lowest BCUT2D eigenvalue weighted by atomic mass is 10.1. The van der Waals surface area contributed by atoms with Crippen LogP contribution >= 0.6 is 11.3 Å². The van der Waals surface area contributed by atoms with E-state index in [4.69, 9.17) is 9.72 Å². The van der Waals surface area contributed by atoms with Gasteiger partial charge in [-0.2, -0.15) is 0 Å². The predicted octanol–water partition coefficient (Wildman–Crippen LogP) is 4.15. The number of thiophene rings is 1. The fourth-order valence-electron chi connectivity index (χ4n) is 4.38. The van der Waals surface area contributed by atoms with E-state index in [9.17, 15) is 9.59 Å². The number of anilines is 1. The Balaban J connectivity index is 1.29. The molecule has 2 aromatic heterocycles. The maximum atomic E-state index is 12.8. The molecule has 7 nitrogen and oxygen atoms in total. The summed E-state index contributed by atoms with van der Waals surface area (Å²) in [6, 6.07) is 19.8. The Morgan fingerprint density at radius 2 is 1.91 bits per heavy atom. The van der Waals surface area contributed by atoms with Crippen LogP contribution in [0.4, 0.5) is 5.69 Å². The first kappa shape index (κ1) is 22.3. The molecule has 0 amide bonds. The minimum absolute atomic E-state index is 0.0876. The van der Waals surface area contributed by atoms with E-state index in [1.807, 2.05) is 48.5 Å². The van der Waals surface area contributed by atoms with Gasteiger partial charge in [-0.05, 0) is 42.8 Å². The summed E-state index contributed by atoms with van der Waals surface area (Å²) in [7, 11) is 1.39. The van der Waals surface area contributed by atoms with Gasteiger partial charge in [-0.1, -0.05) is 30.3 Å². The van der Waals surface area contributed by atoms with Crippen molar-refractivity contribution in [3.05, 3.63) is 82.4 Å². The first-order chi connectivity index (χ1) is 16.5. The third-order valence-electron chi connectivity index (χ3n) is 6.28. The third-order valence-corrected chi connectivity index (χ3v) is 7.36. The molecular weight excluding hydrogens is 448 g/mol. The Labute approximate surface area is 201 Å². The standard InChI is InChI=1S/C26H26N4O3S/c1-17-15-30(20-10-8-19(9-11-20)26(32)33-2)13-12-29(17)16-23-27-24(31)21-14-22(34-25(21)28-23)18-6-4-3-5-7-18/h3-11,14,17H,12-13,15-16H2,1-2H3,(H,27,28,31).